The lowest BCUT2D eigenvalue weighted by atomic mass is 9.95. The molecule has 0 atom stereocenters. The summed E-state index contributed by atoms with van der Waals surface area (Å²) in [5.74, 6) is 1.57. The van der Waals surface area contributed by atoms with E-state index in [1.54, 1.807) is 29.8 Å². The van der Waals surface area contributed by atoms with Crippen molar-refractivity contribution in [1.82, 2.24) is 15.3 Å². The second-order valence-electron chi connectivity index (χ2n) is 8.22. The minimum atomic E-state index is -0.270. The number of piperidine rings is 1. The molecule has 1 amide bonds. The van der Waals surface area contributed by atoms with Crippen molar-refractivity contribution in [1.29, 1.82) is 0 Å². The molecule has 1 aliphatic rings. The zero-order valence-corrected chi connectivity index (χ0v) is 19.4. The Bertz CT molecular complexity index is 1060. The lowest BCUT2D eigenvalue weighted by Crippen LogP contribution is -2.41. The van der Waals surface area contributed by atoms with Crippen LogP contribution in [0.15, 0.2) is 30.6 Å². The van der Waals surface area contributed by atoms with Crippen LogP contribution in [0.25, 0.3) is 10.2 Å². The van der Waals surface area contributed by atoms with Crippen LogP contribution in [0.4, 0.5) is 10.2 Å². The maximum Gasteiger partial charge on any atom is 0.223 e. The number of halogens is 1. The molecule has 6 nitrogen and oxygen atoms in total. The van der Waals surface area contributed by atoms with Gasteiger partial charge in [0.05, 0.1) is 12.0 Å². The number of amides is 1. The summed E-state index contributed by atoms with van der Waals surface area (Å²) >= 11 is 1.71. The molecule has 4 rings (SSSR count). The maximum atomic E-state index is 12.9. The molecule has 0 radical (unpaired) electrons. The Morgan fingerprint density at radius 3 is 2.69 bits per heavy atom. The number of thiophene rings is 1. The zero-order chi connectivity index (χ0) is 22.5. The highest BCUT2D eigenvalue weighted by Gasteiger charge is 2.27. The Morgan fingerprint density at radius 2 is 1.94 bits per heavy atom. The van der Waals surface area contributed by atoms with Crippen LogP contribution in [-0.2, 0) is 4.79 Å². The van der Waals surface area contributed by atoms with Gasteiger partial charge in [-0.1, -0.05) is 0 Å². The van der Waals surface area contributed by atoms with Gasteiger partial charge in [-0.2, -0.15) is 0 Å². The molecule has 0 aliphatic carbocycles. The van der Waals surface area contributed by atoms with Crippen molar-refractivity contribution >= 4 is 33.3 Å². The number of fused-ring (bicyclic) bond motifs is 1. The smallest absolute Gasteiger partial charge is 0.223 e. The Balaban J connectivity index is 1.18. The predicted molar refractivity (Wildman–Crippen MR) is 126 cm³/mol. The van der Waals surface area contributed by atoms with E-state index < -0.39 is 0 Å². The number of hydrogen-bond donors (Lipinski definition) is 1. The third-order valence-corrected chi connectivity index (χ3v) is 7.18. The summed E-state index contributed by atoms with van der Waals surface area (Å²) in [5, 5.41) is 4.22. The van der Waals surface area contributed by atoms with Gasteiger partial charge in [-0.25, -0.2) is 14.4 Å². The summed E-state index contributed by atoms with van der Waals surface area (Å²) in [6.45, 7) is 7.09. The number of carbonyl (C=O) groups excluding carboxylic acids is 1. The van der Waals surface area contributed by atoms with Crippen molar-refractivity contribution in [3.63, 3.8) is 0 Å². The first-order valence-electron chi connectivity index (χ1n) is 11.1. The average Bonchev–Trinajstić information content (AvgIpc) is 3.11. The minimum absolute atomic E-state index is 0.0457. The molecule has 32 heavy (non-hydrogen) atoms. The van der Waals surface area contributed by atoms with E-state index in [0.717, 1.165) is 54.8 Å². The highest BCUT2D eigenvalue weighted by molar-refractivity contribution is 7.18. The highest BCUT2D eigenvalue weighted by Crippen LogP contribution is 2.35. The van der Waals surface area contributed by atoms with E-state index in [1.165, 1.54) is 22.6 Å². The topological polar surface area (TPSA) is 67.4 Å². The van der Waals surface area contributed by atoms with Crippen LogP contribution in [-0.4, -0.2) is 42.1 Å². The Kier molecular flexibility index (Phi) is 7.19. The number of benzene rings is 1. The summed E-state index contributed by atoms with van der Waals surface area (Å²) in [5.41, 5.74) is 1.25. The molecule has 0 spiro atoms. The van der Waals surface area contributed by atoms with Crippen molar-refractivity contribution < 1.29 is 13.9 Å². The number of anilines is 1. The number of aromatic nitrogens is 2. The van der Waals surface area contributed by atoms with Crippen LogP contribution >= 0.6 is 11.3 Å². The van der Waals surface area contributed by atoms with Crippen LogP contribution in [0.2, 0.25) is 0 Å². The first-order valence-corrected chi connectivity index (χ1v) is 12.0. The number of ether oxygens (including phenoxy) is 1. The number of unbranched alkanes of at least 4 members (excludes halogenated alkanes) is 1. The summed E-state index contributed by atoms with van der Waals surface area (Å²) < 4.78 is 18.5. The van der Waals surface area contributed by atoms with Gasteiger partial charge < -0.3 is 15.0 Å². The van der Waals surface area contributed by atoms with Crippen molar-refractivity contribution in [2.45, 2.75) is 39.5 Å². The van der Waals surface area contributed by atoms with E-state index in [-0.39, 0.29) is 17.6 Å². The molecule has 0 saturated carbocycles. The highest BCUT2D eigenvalue weighted by atomic mass is 32.1. The van der Waals surface area contributed by atoms with Crippen molar-refractivity contribution in [3.8, 4) is 5.75 Å². The molecule has 0 unspecified atom stereocenters. The number of nitrogens with one attached hydrogen (secondary N) is 1. The van der Waals surface area contributed by atoms with E-state index in [4.69, 9.17) is 4.74 Å². The fourth-order valence-corrected chi connectivity index (χ4v) is 5.05. The summed E-state index contributed by atoms with van der Waals surface area (Å²) in [6.07, 6.45) is 4.98. The fourth-order valence-electron chi connectivity index (χ4n) is 4.06. The molecule has 3 heterocycles. The van der Waals surface area contributed by atoms with Gasteiger partial charge in [0.1, 0.15) is 28.5 Å². The monoisotopic (exact) mass is 456 g/mol. The molecule has 1 aromatic carbocycles. The van der Waals surface area contributed by atoms with Gasteiger partial charge in [-0.3, -0.25) is 4.79 Å². The third-order valence-electron chi connectivity index (χ3n) is 6.06. The molecule has 1 N–H and O–H groups in total. The molecular weight excluding hydrogens is 427 g/mol. The first-order chi connectivity index (χ1) is 15.5. The van der Waals surface area contributed by atoms with E-state index in [9.17, 15) is 9.18 Å². The summed E-state index contributed by atoms with van der Waals surface area (Å²) in [4.78, 5) is 26.2. The number of carbonyl (C=O) groups is 1. The number of hydrogen-bond acceptors (Lipinski definition) is 6. The molecule has 1 fully saturated rings. The zero-order valence-electron chi connectivity index (χ0n) is 18.6. The fraction of sp³-hybridized carbons (Fsp3) is 0.458. The van der Waals surface area contributed by atoms with Gasteiger partial charge in [-0.05, 0) is 69.4 Å². The largest absolute Gasteiger partial charge is 0.494 e. The molecule has 8 heteroatoms. The summed E-state index contributed by atoms with van der Waals surface area (Å²) in [7, 11) is 0. The normalized spacial score (nSPS) is 14.7. The molecular formula is C24H29FN4O2S. The Labute approximate surface area is 191 Å². The molecule has 1 aliphatic heterocycles. The van der Waals surface area contributed by atoms with Gasteiger partial charge in [0.15, 0.2) is 0 Å². The molecule has 3 aromatic rings. The second-order valence-corrected chi connectivity index (χ2v) is 9.43. The van der Waals surface area contributed by atoms with Crippen LogP contribution in [0.1, 0.15) is 36.1 Å². The van der Waals surface area contributed by atoms with Gasteiger partial charge in [0.25, 0.3) is 0 Å². The lowest BCUT2D eigenvalue weighted by Gasteiger charge is -2.32. The summed E-state index contributed by atoms with van der Waals surface area (Å²) in [6, 6.07) is 6.02. The molecule has 170 valence electrons. The SMILES string of the molecule is Cc1sc2ncnc(N3CCC(C(=O)NCCCCOc4ccc(F)cc4)CC3)c2c1C. The number of rotatable bonds is 8. The standard InChI is InChI=1S/C24H29FN4O2S/c1-16-17(2)32-24-21(16)22(27-15-28-24)29-12-9-18(10-13-29)23(30)26-11-3-4-14-31-20-7-5-19(25)6-8-20/h5-8,15,18H,3-4,9-14H2,1-2H3,(H,26,30). The van der Waals surface area contributed by atoms with E-state index in [0.29, 0.717) is 18.9 Å². The van der Waals surface area contributed by atoms with Crippen LogP contribution < -0.4 is 15.0 Å². The van der Waals surface area contributed by atoms with Crippen LogP contribution in [0.3, 0.4) is 0 Å². The quantitative estimate of drug-likeness (QED) is 0.500. The number of nitrogens with zero attached hydrogens (tertiary/aromatic N) is 3. The Morgan fingerprint density at radius 1 is 1.19 bits per heavy atom. The Hall–Kier alpha value is -2.74. The van der Waals surface area contributed by atoms with Crippen molar-refractivity contribution in [2.24, 2.45) is 5.92 Å². The van der Waals surface area contributed by atoms with Crippen LogP contribution in [0.5, 0.6) is 5.75 Å². The molecule has 0 bridgehead atoms. The van der Waals surface area contributed by atoms with E-state index >= 15 is 0 Å². The van der Waals surface area contributed by atoms with Crippen LogP contribution in [0, 0.1) is 25.6 Å². The second kappa shape index (κ2) is 10.3. The predicted octanol–water partition coefficient (Wildman–Crippen LogP) is 4.64. The van der Waals surface area contributed by atoms with E-state index in [1.807, 2.05) is 0 Å². The average molecular weight is 457 g/mol. The van der Waals surface area contributed by atoms with Crippen molar-refractivity contribution in [3.05, 3.63) is 46.9 Å². The van der Waals surface area contributed by atoms with Gasteiger partial charge in [0, 0.05) is 30.4 Å². The molecule has 1 saturated heterocycles. The van der Waals surface area contributed by atoms with Gasteiger partial charge >= 0.3 is 0 Å². The maximum absolute atomic E-state index is 12.9. The minimum Gasteiger partial charge on any atom is -0.494 e. The van der Waals surface area contributed by atoms with Gasteiger partial charge in [0.2, 0.25) is 5.91 Å². The molecule has 2 aromatic heterocycles. The van der Waals surface area contributed by atoms with E-state index in [2.05, 4.69) is 34.0 Å². The van der Waals surface area contributed by atoms with Crippen molar-refractivity contribution in [2.75, 3.05) is 31.1 Å². The lowest BCUT2D eigenvalue weighted by molar-refractivity contribution is -0.125. The first kappa shape index (κ1) is 22.5. The van der Waals surface area contributed by atoms with Gasteiger partial charge in [-0.15, -0.1) is 11.3 Å². The third kappa shape index (κ3) is 5.18. The number of aryl methyl sites for hydroxylation is 2.